The van der Waals surface area contributed by atoms with E-state index in [-0.39, 0.29) is 0 Å². The third kappa shape index (κ3) is 3.92. The SMILES string of the molecule is CCCC(N)CN1CC=C(C)CC1. The first-order valence-corrected chi connectivity index (χ1v) is 5.36. The van der Waals surface area contributed by atoms with Crippen molar-refractivity contribution in [3.63, 3.8) is 0 Å². The molecule has 1 aliphatic heterocycles. The first-order valence-electron chi connectivity index (χ1n) is 5.36. The van der Waals surface area contributed by atoms with Crippen LogP contribution in [0, 0.1) is 0 Å². The lowest BCUT2D eigenvalue weighted by Gasteiger charge is -2.27. The predicted octanol–water partition coefficient (Wildman–Crippen LogP) is 1.77. The summed E-state index contributed by atoms with van der Waals surface area (Å²) in [6.07, 6.45) is 5.89. The van der Waals surface area contributed by atoms with Gasteiger partial charge in [0.15, 0.2) is 0 Å². The number of nitrogens with two attached hydrogens (primary N) is 1. The molecular formula is C11H22N2. The average molecular weight is 182 g/mol. The number of hydrogen-bond donors (Lipinski definition) is 1. The van der Waals surface area contributed by atoms with E-state index in [0.29, 0.717) is 6.04 Å². The van der Waals surface area contributed by atoms with Gasteiger partial charge in [-0.25, -0.2) is 0 Å². The van der Waals surface area contributed by atoms with Crippen LogP contribution >= 0.6 is 0 Å². The molecular weight excluding hydrogens is 160 g/mol. The van der Waals surface area contributed by atoms with Crippen LogP contribution in [0.3, 0.4) is 0 Å². The third-order valence-corrected chi connectivity index (χ3v) is 2.67. The van der Waals surface area contributed by atoms with Gasteiger partial charge in [-0.3, -0.25) is 4.90 Å². The fraction of sp³-hybridized carbons (Fsp3) is 0.818. The smallest absolute Gasteiger partial charge is 0.0167 e. The molecule has 1 heterocycles. The number of nitrogens with zero attached hydrogens (tertiary/aromatic N) is 1. The molecule has 0 aromatic heterocycles. The molecule has 2 heteroatoms. The Labute approximate surface area is 81.8 Å². The van der Waals surface area contributed by atoms with Gasteiger partial charge in [0.1, 0.15) is 0 Å². The summed E-state index contributed by atoms with van der Waals surface area (Å²) in [5.41, 5.74) is 7.52. The molecule has 2 N–H and O–H groups in total. The van der Waals surface area contributed by atoms with E-state index < -0.39 is 0 Å². The maximum atomic E-state index is 5.99. The van der Waals surface area contributed by atoms with Gasteiger partial charge in [0.2, 0.25) is 0 Å². The molecule has 0 radical (unpaired) electrons. The van der Waals surface area contributed by atoms with Gasteiger partial charge >= 0.3 is 0 Å². The summed E-state index contributed by atoms with van der Waals surface area (Å²) in [4.78, 5) is 2.45. The van der Waals surface area contributed by atoms with Crippen molar-refractivity contribution < 1.29 is 0 Å². The fourth-order valence-electron chi connectivity index (χ4n) is 1.77. The highest BCUT2D eigenvalue weighted by atomic mass is 15.1. The summed E-state index contributed by atoms with van der Waals surface area (Å²) < 4.78 is 0. The van der Waals surface area contributed by atoms with E-state index in [9.17, 15) is 0 Å². The molecule has 0 bridgehead atoms. The van der Waals surface area contributed by atoms with Crippen molar-refractivity contribution in [1.82, 2.24) is 4.90 Å². The van der Waals surface area contributed by atoms with Crippen LogP contribution in [0.25, 0.3) is 0 Å². The molecule has 1 unspecified atom stereocenters. The molecule has 0 amide bonds. The van der Waals surface area contributed by atoms with Gasteiger partial charge in [-0.15, -0.1) is 0 Å². The number of rotatable bonds is 4. The van der Waals surface area contributed by atoms with Crippen molar-refractivity contribution in [3.05, 3.63) is 11.6 Å². The summed E-state index contributed by atoms with van der Waals surface area (Å²) in [6.45, 7) is 7.77. The van der Waals surface area contributed by atoms with Gasteiger partial charge in [0.25, 0.3) is 0 Å². The van der Waals surface area contributed by atoms with Crippen LogP contribution in [0.15, 0.2) is 11.6 Å². The van der Waals surface area contributed by atoms with E-state index in [2.05, 4.69) is 24.8 Å². The summed E-state index contributed by atoms with van der Waals surface area (Å²) in [6, 6.07) is 0.372. The second kappa shape index (κ2) is 5.40. The molecule has 0 aliphatic carbocycles. The molecule has 0 saturated carbocycles. The molecule has 1 rings (SSSR count). The third-order valence-electron chi connectivity index (χ3n) is 2.67. The highest BCUT2D eigenvalue weighted by Crippen LogP contribution is 2.10. The summed E-state index contributed by atoms with van der Waals surface area (Å²) in [7, 11) is 0. The topological polar surface area (TPSA) is 29.3 Å². The van der Waals surface area contributed by atoms with E-state index in [1.165, 1.54) is 25.0 Å². The van der Waals surface area contributed by atoms with E-state index in [1.54, 1.807) is 0 Å². The zero-order valence-corrected chi connectivity index (χ0v) is 8.92. The van der Waals surface area contributed by atoms with Crippen molar-refractivity contribution in [2.24, 2.45) is 5.73 Å². The van der Waals surface area contributed by atoms with Gasteiger partial charge in [0.05, 0.1) is 0 Å². The molecule has 0 saturated heterocycles. The van der Waals surface area contributed by atoms with Crippen molar-refractivity contribution in [2.45, 2.75) is 39.2 Å². The number of hydrogen-bond acceptors (Lipinski definition) is 2. The maximum absolute atomic E-state index is 5.99. The Kier molecular flexibility index (Phi) is 4.46. The quantitative estimate of drug-likeness (QED) is 0.671. The van der Waals surface area contributed by atoms with E-state index in [1.807, 2.05) is 0 Å². The zero-order valence-electron chi connectivity index (χ0n) is 8.92. The van der Waals surface area contributed by atoms with Crippen LogP contribution in [-0.4, -0.2) is 30.6 Å². The maximum Gasteiger partial charge on any atom is 0.0167 e. The van der Waals surface area contributed by atoms with Crippen LogP contribution in [0.2, 0.25) is 0 Å². The van der Waals surface area contributed by atoms with Crippen molar-refractivity contribution >= 4 is 0 Å². The lowest BCUT2D eigenvalue weighted by molar-refractivity contribution is 0.269. The molecule has 13 heavy (non-hydrogen) atoms. The second-order valence-corrected chi connectivity index (χ2v) is 4.11. The van der Waals surface area contributed by atoms with Gasteiger partial charge in [-0.1, -0.05) is 25.0 Å². The Morgan fingerprint density at radius 1 is 1.62 bits per heavy atom. The fourth-order valence-corrected chi connectivity index (χ4v) is 1.77. The van der Waals surface area contributed by atoms with Gasteiger partial charge in [-0.2, -0.15) is 0 Å². The van der Waals surface area contributed by atoms with E-state index in [0.717, 1.165) is 19.5 Å². The molecule has 1 atom stereocenters. The van der Waals surface area contributed by atoms with Crippen molar-refractivity contribution in [1.29, 1.82) is 0 Å². The van der Waals surface area contributed by atoms with Crippen LogP contribution in [0.4, 0.5) is 0 Å². The molecule has 0 fully saturated rings. The summed E-state index contributed by atoms with van der Waals surface area (Å²) >= 11 is 0. The summed E-state index contributed by atoms with van der Waals surface area (Å²) in [5, 5.41) is 0. The lowest BCUT2D eigenvalue weighted by atomic mass is 10.1. The molecule has 0 spiro atoms. The lowest BCUT2D eigenvalue weighted by Crippen LogP contribution is -2.39. The normalized spacial score (nSPS) is 21.3. The molecule has 0 aromatic rings. The predicted molar refractivity (Wildman–Crippen MR) is 57.7 cm³/mol. The van der Waals surface area contributed by atoms with Crippen LogP contribution in [-0.2, 0) is 0 Å². The van der Waals surface area contributed by atoms with Crippen LogP contribution in [0.1, 0.15) is 33.1 Å². The minimum atomic E-state index is 0.372. The minimum Gasteiger partial charge on any atom is -0.327 e. The van der Waals surface area contributed by atoms with Crippen LogP contribution in [0.5, 0.6) is 0 Å². The standard InChI is InChI=1S/C11H22N2/c1-3-4-11(12)9-13-7-5-10(2)6-8-13/h5,11H,3-4,6-9,12H2,1-2H3. The zero-order chi connectivity index (χ0) is 9.68. The van der Waals surface area contributed by atoms with Crippen LogP contribution < -0.4 is 5.73 Å². The highest BCUT2D eigenvalue weighted by molar-refractivity contribution is 5.03. The monoisotopic (exact) mass is 182 g/mol. The average Bonchev–Trinajstić information content (AvgIpc) is 2.09. The Morgan fingerprint density at radius 3 is 2.92 bits per heavy atom. The van der Waals surface area contributed by atoms with Gasteiger partial charge in [-0.05, 0) is 19.8 Å². The molecule has 76 valence electrons. The largest absolute Gasteiger partial charge is 0.327 e. The minimum absolute atomic E-state index is 0.372. The molecule has 1 aliphatic rings. The first-order chi connectivity index (χ1) is 6.22. The molecule has 0 aromatic carbocycles. The Balaban J connectivity index is 2.23. The Bertz CT molecular complexity index is 175. The molecule has 2 nitrogen and oxygen atoms in total. The highest BCUT2D eigenvalue weighted by Gasteiger charge is 2.11. The Morgan fingerprint density at radius 2 is 2.38 bits per heavy atom. The Hall–Kier alpha value is -0.340. The van der Waals surface area contributed by atoms with Gasteiger partial charge in [0, 0.05) is 25.7 Å². The van der Waals surface area contributed by atoms with Crippen molar-refractivity contribution in [3.8, 4) is 0 Å². The first kappa shape index (κ1) is 10.7. The summed E-state index contributed by atoms with van der Waals surface area (Å²) in [5.74, 6) is 0. The van der Waals surface area contributed by atoms with Crippen molar-refractivity contribution in [2.75, 3.05) is 19.6 Å². The van der Waals surface area contributed by atoms with Gasteiger partial charge < -0.3 is 5.73 Å². The van der Waals surface area contributed by atoms with E-state index in [4.69, 9.17) is 5.73 Å². The van der Waals surface area contributed by atoms with E-state index >= 15 is 0 Å². The second-order valence-electron chi connectivity index (χ2n) is 4.11.